The molecule has 1 unspecified atom stereocenters. The van der Waals surface area contributed by atoms with E-state index in [9.17, 15) is 4.79 Å². The van der Waals surface area contributed by atoms with Crippen LogP contribution in [0, 0.1) is 20.8 Å². The minimum atomic E-state index is 0.00733. The summed E-state index contributed by atoms with van der Waals surface area (Å²) in [5.74, 6) is 0.703. The Morgan fingerprint density at radius 2 is 1.86 bits per heavy atom. The van der Waals surface area contributed by atoms with Gasteiger partial charge in [0.25, 0.3) is 0 Å². The number of carbonyl (C=O) groups excluding carboxylic acids is 1. The van der Waals surface area contributed by atoms with E-state index < -0.39 is 0 Å². The maximum atomic E-state index is 12.9. The van der Waals surface area contributed by atoms with Gasteiger partial charge in [0.05, 0.1) is 12.2 Å². The zero-order valence-corrected chi connectivity index (χ0v) is 13.2. The van der Waals surface area contributed by atoms with Crippen LogP contribution < -0.4 is 4.74 Å². The normalized spacial score (nSPS) is 16.4. The van der Waals surface area contributed by atoms with Crippen LogP contribution in [0.3, 0.4) is 0 Å². The molecule has 3 heteroatoms. The predicted molar refractivity (Wildman–Crippen MR) is 85.8 cm³/mol. The number of aryl methyl sites for hydroxylation is 2. The van der Waals surface area contributed by atoms with Gasteiger partial charge in [0.1, 0.15) is 18.5 Å². The number of ether oxygens (including phenoxy) is 2. The SMILES string of the molecule is Cc1cc(C)c(C(=O)c2ccccc2)c(OCC2CO2)c1C. The quantitative estimate of drug-likeness (QED) is 0.625. The number of benzene rings is 2. The van der Waals surface area contributed by atoms with Crippen molar-refractivity contribution in [3.8, 4) is 5.75 Å². The van der Waals surface area contributed by atoms with Crippen molar-refractivity contribution in [2.45, 2.75) is 26.9 Å². The van der Waals surface area contributed by atoms with Gasteiger partial charge in [-0.05, 0) is 37.5 Å². The second-order valence-corrected chi connectivity index (χ2v) is 5.80. The van der Waals surface area contributed by atoms with E-state index >= 15 is 0 Å². The van der Waals surface area contributed by atoms with Crippen molar-refractivity contribution in [2.75, 3.05) is 13.2 Å². The summed E-state index contributed by atoms with van der Waals surface area (Å²) in [6.45, 7) is 7.24. The van der Waals surface area contributed by atoms with Crippen LogP contribution in [0.2, 0.25) is 0 Å². The van der Waals surface area contributed by atoms with Crippen molar-refractivity contribution in [3.63, 3.8) is 0 Å². The highest BCUT2D eigenvalue weighted by atomic mass is 16.6. The summed E-state index contributed by atoms with van der Waals surface area (Å²) in [6.07, 6.45) is 0.167. The lowest BCUT2D eigenvalue weighted by Crippen LogP contribution is -2.13. The van der Waals surface area contributed by atoms with Gasteiger partial charge < -0.3 is 9.47 Å². The van der Waals surface area contributed by atoms with Crippen molar-refractivity contribution >= 4 is 5.78 Å². The molecular formula is C19H20O3. The first-order valence-electron chi connectivity index (χ1n) is 7.53. The highest BCUT2D eigenvalue weighted by Gasteiger charge is 2.26. The van der Waals surface area contributed by atoms with Gasteiger partial charge in [-0.15, -0.1) is 0 Å². The van der Waals surface area contributed by atoms with Crippen molar-refractivity contribution < 1.29 is 14.3 Å². The summed E-state index contributed by atoms with van der Waals surface area (Å²) in [7, 11) is 0. The van der Waals surface area contributed by atoms with Crippen molar-refractivity contribution in [1.29, 1.82) is 0 Å². The molecular weight excluding hydrogens is 276 g/mol. The van der Waals surface area contributed by atoms with E-state index in [1.807, 2.05) is 57.2 Å². The molecule has 0 aliphatic carbocycles. The average Bonchev–Trinajstić information content (AvgIpc) is 3.34. The molecule has 0 N–H and O–H groups in total. The fourth-order valence-corrected chi connectivity index (χ4v) is 2.59. The third-order valence-electron chi connectivity index (χ3n) is 4.07. The van der Waals surface area contributed by atoms with Crippen LogP contribution in [0.15, 0.2) is 36.4 Å². The molecule has 1 atom stereocenters. The van der Waals surface area contributed by atoms with Crippen LogP contribution >= 0.6 is 0 Å². The van der Waals surface area contributed by atoms with Crippen molar-refractivity contribution in [2.24, 2.45) is 0 Å². The first-order chi connectivity index (χ1) is 10.6. The van der Waals surface area contributed by atoms with Gasteiger partial charge >= 0.3 is 0 Å². The van der Waals surface area contributed by atoms with Gasteiger partial charge in [0.15, 0.2) is 5.78 Å². The molecule has 0 bridgehead atoms. The Kier molecular flexibility index (Phi) is 3.99. The lowest BCUT2D eigenvalue weighted by atomic mass is 9.93. The van der Waals surface area contributed by atoms with E-state index in [0.717, 1.165) is 23.3 Å². The van der Waals surface area contributed by atoms with E-state index in [0.29, 0.717) is 23.5 Å². The molecule has 0 amide bonds. The van der Waals surface area contributed by atoms with Crippen molar-refractivity contribution in [3.05, 3.63) is 64.2 Å². The molecule has 2 aromatic rings. The Labute approximate surface area is 130 Å². The first kappa shape index (κ1) is 14.8. The molecule has 3 nitrogen and oxygen atoms in total. The Morgan fingerprint density at radius 1 is 1.18 bits per heavy atom. The molecule has 114 valence electrons. The molecule has 0 aromatic heterocycles. The minimum absolute atomic E-state index is 0.00733. The van der Waals surface area contributed by atoms with Crippen LogP contribution in [0.4, 0.5) is 0 Å². The van der Waals surface area contributed by atoms with E-state index in [1.54, 1.807) is 0 Å². The Hall–Kier alpha value is -2.13. The van der Waals surface area contributed by atoms with Crippen LogP contribution in [0.5, 0.6) is 5.75 Å². The van der Waals surface area contributed by atoms with Gasteiger partial charge in [0.2, 0.25) is 0 Å². The molecule has 3 rings (SSSR count). The molecule has 0 radical (unpaired) electrons. The maximum Gasteiger partial charge on any atom is 0.197 e. The molecule has 1 aliphatic rings. The van der Waals surface area contributed by atoms with Crippen molar-refractivity contribution in [1.82, 2.24) is 0 Å². The first-order valence-corrected chi connectivity index (χ1v) is 7.53. The molecule has 22 heavy (non-hydrogen) atoms. The van der Waals surface area contributed by atoms with Crippen LogP contribution in [-0.4, -0.2) is 25.1 Å². The highest BCUT2D eigenvalue weighted by Crippen LogP contribution is 2.32. The second kappa shape index (κ2) is 5.93. The number of hydrogen-bond donors (Lipinski definition) is 0. The van der Waals surface area contributed by atoms with Crippen LogP contribution in [0.1, 0.15) is 32.6 Å². The summed E-state index contributed by atoms with van der Waals surface area (Å²) in [5, 5.41) is 0. The average molecular weight is 296 g/mol. The number of hydrogen-bond acceptors (Lipinski definition) is 3. The monoisotopic (exact) mass is 296 g/mol. The summed E-state index contributed by atoms with van der Waals surface area (Å²) in [4.78, 5) is 12.9. The molecule has 1 saturated heterocycles. The zero-order chi connectivity index (χ0) is 15.7. The summed E-state index contributed by atoms with van der Waals surface area (Å²) >= 11 is 0. The van der Waals surface area contributed by atoms with E-state index in [1.165, 1.54) is 0 Å². The topological polar surface area (TPSA) is 38.8 Å². The van der Waals surface area contributed by atoms with Gasteiger partial charge in [0, 0.05) is 5.56 Å². The Balaban J connectivity index is 2.04. The Morgan fingerprint density at radius 3 is 2.50 bits per heavy atom. The van der Waals surface area contributed by atoms with E-state index in [4.69, 9.17) is 9.47 Å². The number of rotatable bonds is 5. The summed E-state index contributed by atoms with van der Waals surface area (Å²) in [5.41, 5.74) is 4.44. The number of epoxide rings is 1. The lowest BCUT2D eigenvalue weighted by Gasteiger charge is -2.17. The van der Waals surface area contributed by atoms with Gasteiger partial charge in [-0.2, -0.15) is 0 Å². The largest absolute Gasteiger partial charge is 0.490 e. The van der Waals surface area contributed by atoms with Crippen LogP contribution in [-0.2, 0) is 4.74 Å². The standard InChI is InChI=1S/C19H20O3/c1-12-9-13(2)17(18(20)15-7-5-4-6-8-15)19(14(12)3)22-11-16-10-21-16/h4-9,16H,10-11H2,1-3H3. The van der Waals surface area contributed by atoms with Gasteiger partial charge in [-0.25, -0.2) is 0 Å². The zero-order valence-electron chi connectivity index (χ0n) is 13.2. The molecule has 1 fully saturated rings. The van der Waals surface area contributed by atoms with E-state index in [2.05, 4.69) is 0 Å². The second-order valence-electron chi connectivity index (χ2n) is 5.80. The molecule has 1 aliphatic heterocycles. The predicted octanol–water partition coefficient (Wildman–Crippen LogP) is 3.62. The third kappa shape index (κ3) is 2.90. The maximum absolute atomic E-state index is 12.9. The fraction of sp³-hybridized carbons (Fsp3) is 0.316. The minimum Gasteiger partial charge on any atom is -0.490 e. The third-order valence-corrected chi connectivity index (χ3v) is 4.07. The fourth-order valence-electron chi connectivity index (χ4n) is 2.59. The van der Waals surface area contributed by atoms with E-state index in [-0.39, 0.29) is 11.9 Å². The summed E-state index contributed by atoms with van der Waals surface area (Å²) in [6, 6.07) is 11.4. The van der Waals surface area contributed by atoms with Crippen LogP contribution in [0.25, 0.3) is 0 Å². The molecule has 0 saturated carbocycles. The molecule has 2 aromatic carbocycles. The molecule has 0 spiro atoms. The highest BCUT2D eigenvalue weighted by molar-refractivity contribution is 6.12. The smallest absolute Gasteiger partial charge is 0.197 e. The molecule has 1 heterocycles. The Bertz CT molecular complexity index is 700. The summed E-state index contributed by atoms with van der Waals surface area (Å²) < 4.78 is 11.2. The number of ketones is 1. The number of carbonyl (C=O) groups is 1. The lowest BCUT2D eigenvalue weighted by molar-refractivity contribution is 0.103. The van der Waals surface area contributed by atoms with Gasteiger partial charge in [-0.3, -0.25) is 4.79 Å². The van der Waals surface area contributed by atoms with Gasteiger partial charge in [-0.1, -0.05) is 36.4 Å².